The van der Waals surface area contributed by atoms with Crippen molar-refractivity contribution in [2.24, 2.45) is 0 Å². The van der Waals surface area contributed by atoms with Gasteiger partial charge in [0.05, 0.1) is 18.3 Å². The Kier molecular flexibility index (Phi) is 4.97. The number of rotatable bonds is 4. The molecule has 1 aromatic carbocycles. The first-order chi connectivity index (χ1) is 13.9. The number of aromatic nitrogens is 3. The van der Waals surface area contributed by atoms with Crippen molar-refractivity contribution in [2.45, 2.75) is 20.4 Å². The third-order valence-corrected chi connectivity index (χ3v) is 6.10. The quantitative estimate of drug-likeness (QED) is 0.532. The number of anilines is 1. The lowest BCUT2D eigenvalue weighted by atomic mass is 10.2. The van der Waals surface area contributed by atoms with Gasteiger partial charge in [0.15, 0.2) is 0 Å². The molecule has 3 aromatic heterocycles. The van der Waals surface area contributed by atoms with Crippen molar-refractivity contribution >= 4 is 55.0 Å². The molecule has 7 nitrogen and oxygen atoms in total. The number of ether oxygens (including phenoxy) is 1. The van der Waals surface area contributed by atoms with Crippen LogP contribution in [0, 0.1) is 13.8 Å². The summed E-state index contributed by atoms with van der Waals surface area (Å²) in [6, 6.07) is 7.07. The monoisotopic (exact) mass is 428 g/mol. The molecule has 0 spiro atoms. The van der Waals surface area contributed by atoms with E-state index in [9.17, 15) is 9.59 Å². The number of nitrogens with zero attached hydrogens (tertiary/aromatic N) is 3. The van der Waals surface area contributed by atoms with Crippen molar-refractivity contribution in [3.63, 3.8) is 0 Å². The van der Waals surface area contributed by atoms with Gasteiger partial charge in [0.1, 0.15) is 27.6 Å². The summed E-state index contributed by atoms with van der Waals surface area (Å²) in [5, 5.41) is 4.17. The van der Waals surface area contributed by atoms with Crippen molar-refractivity contribution in [3.8, 4) is 5.75 Å². The van der Waals surface area contributed by atoms with Gasteiger partial charge in [-0.3, -0.25) is 14.2 Å². The molecule has 0 unspecified atom stereocenters. The summed E-state index contributed by atoms with van der Waals surface area (Å²) < 4.78 is 7.13. The molecule has 9 heteroatoms. The minimum Gasteiger partial charge on any atom is -0.495 e. The first-order valence-corrected chi connectivity index (χ1v) is 9.97. The highest BCUT2D eigenvalue weighted by atomic mass is 35.5. The first kappa shape index (κ1) is 19.4. The maximum atomic E-state index is 13.0. The molecule has 1 N–H and O–H groups in total. The number of aryl methyl sites for hydroxylation is 2. The maximum absolute atomic E-state index is 13.0. The molecule has 4 aromatic rings. The minimum atomic E-state index is -0.365. The fourth-order valence-corrected chi connectivity index (χ4v) is 4.30. The summed E-state index contributed by atoms with van der Waals surface area (Å²) in [5.74, 6) is 0.540. The Morgan fingerprint density at radius 1 is 1.34 bits per heavy atom. The lowest BCUT2D eigenvalue weighted by Gasteiger charge is -2.13. The smallest absolute Gasteiger partial charge is 0.272 e. The number of pyridine rings is 1. The van der Waals surface area contributed by atoms with Gasteiger partial charge in [-0.05, 0) is 37.6 Å². The molecule has 148 valence electrons. The lowest BCUT2D eigenvalue weighted by Crippen LogP contribution is -2.29. The summed E-state index contributed by atoms with van der Waals surface area (Å²) in [6.07, 6.45) is 1.68. The van der Waals surface area contributed by atoms with Gasteiger partial charge < -0.3 is 10.1 Å². The van der Waals surface area contributed by atoms with Crippen molar-refractivity contribution in [3.05, 3.63) is 57.2 Å². The summed E-state index contributed by atoms with van der Waals surface area (Å²) in [4.78, 5) is 35.3. The van der Waals surface area contributed by atoms with Crippen LogP contribution >= 0.6 is 22.9 Å². The van der Waals surface area contributed by atoms with E-state index in [4.69, 9.17) is 16.3 Å². The Hall–Kier alpha value is -2.97. The average Bonchev–Trinajstić information content (AvgIpc) is 3.06. The van der Waals surface area contributed by atoms with Crippen LogP contribution in [0.1, 0.15) is 11.4 Å². The number of carbonyl (C=O) groups is 1. The standard InChI is InChI=1S/C20H17ClN4O3S/c1-10-7-14(15(28-3)8-13(10)21)24-16(26)9-25-11(2)23-17-12-5-4-6-22-19(12)29-18(17)20(25)27/h4-8H,9H2,1-3H3,(H,24,26). The van der Waals surface area contributed by atoms with E-state index < -0.39 is 0 Å². The van der Waals surface area contributed by atoms with Gasteiger partial charge in [-0.15, -0.1) is 11.3 Å². The molecule has 0 aliphatic heterocycles. The number of halogens is 1. The highest BCUT2D eigenvalue weighted by Crippen LogP contribution is 2.31. The molecule has 3 heterocycles. The third kappa shape index (κ3) is 3.45. The van der Waals surface area contributed by atoms with E-state index in [1.54, 1.807) is 25.3 Å². The van der Waals surface area contributed by atoms with E-state index in [0.717, 1.165) is 15.8 Å². The predicted octanol–water partition coefficient (Wildman–Crippen LogP) is 3.92. The van der Waals surface area contributed by atoms with E-state index in [-0.39, 0.29) is 18.0 Å². The maximum Gasteiger partial charge on any atom is 0.272 e. The van der Waals surface area contributed by atoms with E-state index >= 15 is 0 Å². The van der Waals surface area contributed by atoms with Crippen LogP contribution in [-0.4, -0.2) is 27.6 Å². The van der Waals surface area contributed by atoms with Crippen molar-refractivity contribution < 1.29 is 9.53 Å². The number of benzene rings is 1. The second kappa shape index (κ2) is 7.46. The number of nitrogens with one attached hydrogen (secondary N) is 1. The lowest BCUT2D eigenvalue weighted by molar-refractivity contribution is -0.116. The Morgan fingerprint density at radius 3 is 2.90 bits per heavy atom. The van der Waals surface area contributed by atoms with E-state index in [1.807, 2.05) is 19.1 Å². The second-order valence-electron chi connectivity index (χ2n) is 6.54. The number of hydrogen-bond acceptors (Lipinski definition) is 6. The molecule has 0 atom stereocenters. The third-order valence-electron chi connectivity index (χ3n) is 4.60. The Labute approximate surface area is 174 Å². The number of hydrogen-bond donors (Lipinski definition) is 1. The topological polar surface area (TPSA) is 86.1 Å². The zero-order valence-electron chi connectivity index (χ0n) is 15.9. The van der Waals surface area contributed by atoms with E-state index in [2.05, 4.69) is 15.3 Å². The molecular formula is C20H17ClN4O3S. The van der Waals surface area contributed by atoms with Gasteiger partial charge in [0.25, 0.3) is 5.56 Å². The van der Waals surface area contributed by atoms with E-state index in [0.29, 0.717) is 32.5 Å². The number of methoxy groups -OCH3 is 1. The first-order valence-electron chi connectivity index (χ1n) is 8.77. The molecule has 0 bridgehead atoms. The van der Waals surface area contributed by atoms with Gasteiger partial charge in [0, 0.05) is 22.7 Å². The predicted molar refractivity (Wildman–Crippen MR) is 115 cm³/mol. The molecule has 0 aliphatic rings. The number of thiophene rings is 1. The Morgan fingerprint density at radius 2 is 2.14 bits per heavy atom. The SMILES string of the molecule is COc1cc(Cl)c(C)cc1NC(=O)Cn1c(C)nc2c(sc3ncccc32)c1=O. The molecular weight excluding hydrogens is 412 g/mol. The summed E-state index contributed by atoms with van der Waals surface area (Å²) in [5.41, 5.74) is 1.65. The number of fused-ring (bicyclic) bond motifs is 3. The van der Waals surface area contributed by atoms with E-state index in [1.165, 1.54) is 23.0 Å². The molecule has 29 heavy (non-hydrogen) atoms. The molecule has 0 radical (unpaired) electrons. The summed E-state index contributed by atoms with van der Waals surface area (Å²) >= 11 is 7.39. The number of carbonyl (C=O) groups excluding carboxylic acids is 1. The van der Waals surface area contributed by atoms with Crippen molar-refractivity contribution in [1.82, 2.24) is 14.5 Å². The van der Waals surface area contributed by atoms with Crippen LogP contribution in [-0.2, 0) is 11.3 Å². The van der Waals surface area contributed by atoms with Gasteiger partial charge in [-0.1, -0.05) is 11.6 Å². The van der Waals surface area contributed by atoms with Gasteiger partial charge in [0.2, 0.25) is 5.91 Å². The Balaban J connectivity index is 1.69. The fourth-order valence-electron chi connectivity index (χ4n) is 3.12. The highest BCUT2D eigenvalue weighted by molar-refractivity contribution is 7.25. The average molecular weight is 429 g/mol. The molecule has 0 saturated heterocycles. The van der Waals surface area contributed by atoms with Crippen LogP contribution in [0.5, 0.6) is 5.75 Å². The summed E-state index contributed by atoms with van der Waals surface area (Å²) in [7, 11) is 1.50. The number of amides is 1. The molecule has 0 aliphatic carbocycles. The van der Waals surface area contributed by atoms with Crippen LogP contribution < -0.4 is 15.6 Å². The normalized spacial score (nSPS) is 11.2. The van der Waals surface area contributed by atoms with Crippen molar-refractivity contribution in [1.29, 1.82) is 0 Å². The van der Waals surface area contributed by atoms with Crippen molar-refractivity contribution in [2.75, 3.05) is 12.4 Å². The molecule has 4 rings (SSSR count). The summed E-state index contributed by atoms with van der Waals surface area (Å²) in [6.45, 7) is 3.38. The van der Waals surface area contributed by atoms with Crippen LogP contribution in [0.4, 0.5) is 5.69 Å². The fraction of sp³-hybridized carbons (Fsp3) is 0.200. The molecule has 1 amide bonds. The highest BCUT2D eigenvalue weighted by Gasteiger charge is 2.17. The second-order valence-corrected chi connectivity index (χ2v) is 7.94. The Bertz CT molecular complexity index is 1330. The largest absolute Gasteiger partial charge is 0.495 e. The van der Waals surface area contributed by atoms with Crippen LogP contribution in [0.2, 0.25) is 5.02 Å². The zero-order chi connectivity index (χ0) is 20.7. The zero-order valence-corrected chi connectivity index (χ0v) is 17.5. The van der Waals surface area contributed by atoms with Gasteiger partial charge in [-0.25, -0.2) is 9.97 Å². The van der Waals surface area contributed by atoms with Crippen LogP contribution in [0.25, 0.3) is 20.4 Å². The van der Waals surface area contributed by atoms with Crippen LogP contribution in [0.15, 0.2) is 35.3 Å². The molecule has 0 fully saturated rings. The van der Waals surface area contributed by atoms with Gasteiger partial charge >= 0.3 is 0 Å². The van der Waals surface area contributed by atoms with Crippen LogP contribution in [0.3, 0.4) is 0 Å². The van der Waals surface area contributed by atoms with Gasteiger partial charge in [-0.2, -0.15) is 0 Å². The minimum absolute atomic E-state index is 0.167. The molecule has 0 saturated carbocycles.